The fourth-order valence-electron chi connectivity index (χ4n) is 9.01. The topological polar surface area (TPSA) is 26.3 Å². The highest BCUT2D eigenvalue weighted by molar-refractivity contribution is 6.29. The average molecular weight is 477 g/mol. The van der Waals surface area contributed by atoms with Crippen LogP contribution in [0, 0.1) is 46.3 Å². The van der Waals surface area contributed by atoms with E-state index in [-0.39, 0.29) is 12.1 Å². The van der Waals surface area contributed by atoms with E-state index in [1.807, 2.05) is 0 Å². The largest absolute Gasteiger partial charge is 0.461 e. The lowest BCUT2D eigenvalue weighted by atomic mass is 9.47. The Balaban J connectivity index is 1.45. The van der Waals surface area contributed by atoms with Gasteiger partial charge in [0.15, 0.2) is 0 Å². The summed E-state index contributed by atoms with van der Waals surface area (Å²) in [5, 5.41) is -0.554. The molecule has 4 rings (SSSR count). The summed E-state index contributed by atoms with van der Waals surface area (Å²) >= 11 is 5.95. The number of halogens is 1. The third-order valence-electron chi connectivity index (χ3n) is 10.9. The zero-order chi connectivity index (χ0) is 24.0. The summed E-state index contributed by atoms with van der Waals surface area (Å²) in [4.78, 5) is 12.1. The molecule has 9 atom stereocenters. The molecule has 3 saturated carbocycles. The number of esters is 1. The average Bonchev–Trinajstić information content (AvgIpc) is 3.11. The van der Waals surface area contributed by atoms with Gasteiger partial charge in [0.2, 0.25) is 0 Å². The van der Waals surface area contributed by atoms with Crippen LogP contribution in [0.4, 0.5) is 0 Å². The van der Waals surface area contributed by atoms with Crippen LogP contribution in [0.5, 0.6) is 0 Å². The van der Waals surface area contributed by atoms with Crippen LogP contribution in [0.3, 0.4) is 0 Å². The predicted molar refractivity (Wildman–Crippen MR) is 138 cm³/mol. The Labute approximate surface area is 208 Å². The van der Waals surface area contributed by atoms with Gasteiger partial charge in [-0.25, -0.2) is 0 Å². The second-order valence-electron chi connectivity index (χ2n) is 13.2. The molecular weight excluding hydrogens is 428 g/mol. The maximum atomic E-state index is 12.1. The lowest BCUT2D eigenvalue weighted by Gasteiger charge is -2.58. The molecule has 0 aromatic rings. The van der Waals surface area contributed by atoms with Crippen LogP contribution in [-0.2, 0) is 9.53 Å². The second kappa shape index (κ2) is 9.87. The van der Waals surface area contributed by atoms with Crippen molar-refractivity contribution in [3.8, 4) is 0 Å². The number of rotatable bonds is 7. The summed E-state index contributed by atoms with van der Waals surface area (Å²) in [7, 11) is 0. The van der Waals surface area contributed by atoms with Crippen LogP contribution in [0.1, 0.15) is 112 Å². The molecule has 33 heavy (non-hydrogen) atoms. The van der Waals surface area contributed by atoms with Gasteiger partial charge in [-0.15, -0.1) is 11.6 Å². The van der Waals surface area contributed by atoms with E-state index in [2.05, 4.69) is 40.7 Å². The van der Waals surface area contributed by atoms with E-state index in [1.54, 1.807) is 12.5 Å². The van der Waals surface area contributed by atoms with Crippen LogP contribution in [0.15, 0.2) is 11.6 Å². The van der Waals surface area contributed by atoms with E-state index in [0.29, 0.717) is 10.8 Å². The van der Waals surface area contributed by atoms with Crippen molar-refractivity contribution in [2.45, 2.75) is 124 Å². The van der Waals surface area contributed by atoms with E-state index in [1.165, 1.54) is 51.4 Å². The number of fused-ring (bicyclic) bond motifs is 5. The Morgan fingerprint density at radius 3 is 2.52 bits per heavy atom. The Morgan fingerprint density at radius 2 is 1.82 bits per heavy atom. The minimum Gasteiger partial charge on any atom is -0.461 e. The first-order valence-electron chi connectivity index (χ1n) is 14.1. The van der Waals surface area contributed by atoms with Crippen LogP contribution >= 0.6 is 11.6 Å². The zero-order valence-electron chi connectivity index (χ0n) is 22.2. The molecule has 0 aromatic carbocycles. The molecule has 0 radical (unpaired) electrons. The fraction of sp³-hybridized carbons (Fsp3) is 0.900. The highest BCUT2D eigenvalue weighted by atomic mass is 35.5. The highest BCUT2D eigenvalue weighted by Gasteiger charge is 2.59. The Morgan fingerprint density at radius 1 is 1.06 bits per heavy atom. The van der Waals surface area contributed by atoms with Gasteiger partial charge in [0, 0.05) is 6.42 Å². The summed E-state index contributed by atoms with van der Waals surface area (Å²) in [5.74, 6) is 4.93. The van der Waals surface area contributed by atoms with Crippen LogP contribution in [0.2, 0.25) is 0 Å². The van der Waals surface area contributed by atoms with E-state index >= 15 is 0 Å². The first kappa shape index (κ1) is 25.6. The van der Waals surface area contributed by atoms with Gasteiger partial charge in [0.25, 0.3) is 0 Å². The highest BCUT2D eigenvalue weighted by Crippen LogP contribution is 2.67. The number of ether oxygens (including phenoxy) is 1. The Bertz CT molecular complexity index is 742. The lowest BCUT2D eigenvalue weighted by molar-refractivity contribution is -0.150. The maximum Gasteiger partial charge on any atom is 0.324 e. The molecule has 3 fully saturated rings. The van der Waals surface area contributed by atoms with Crippen LogP contribution < -0.4 is 0 Å². The summed E-state index contributed by atoms with van der Waals surface area (Å²) in [6, 6.07) is 0. The number of hydrogen-bond donors (Lipinski definition) is 0. The monoisotopic (exact) mass is 476 g/mol. The van der Waals surface area contributed by atoms with Gasteiger partial charge in [0.1, 0.15) is 11.5 Å². The van der Waals surface area contributed by atoms with Gasteiger partial charge in [-0.05, 0) is 98.2 Å². The smallest absolute Gasteiger partial charge is 0.324 e. The van der Waals surface area contributed by atoms with Crippen LogP contribution in [-0.4, -0.2) is 17.5 Å². The Kier molecular flexibility index (Phi) is 7.65. The molecule has 0 spiro atoms. The van der Waals surface area contributed by atoms with E-state index in [9.17, 15) is 4.79 Å². The molecule has 0 unspecified atom stereocenters. The minimum absolute atomic E-state index is 0.0194. The molecule has 2 nitrogen and oxygen atoms in total. The number of carbonyl (C=O) groups excluding carboxylic acids is 1. The molecule has 4 aliphatic carbocycles. The molecule has 0 saturated heterocycles. The fourth-order valence-corrected chi connectivity index (χ4v) is 9.06. The van der Waals surface area contributed by atoms with E-state index in [0.717, 1.165) is 54.8 Å². The molecular formula is C30H49ClO2. The molecule has 0 heterocycles. The molecule has 0 aromatic heterocycles. The van der Waals surface area contributed by atoms with E-state index < -0.39 is 5.38 Å². The van der Waals surface area contributed by atoms with Crippen molar-refractivity contribution < 1.29 is 9.53 Å². The van der Waals surface area contributed by atoms with Crippen molar-refractivity contribution in [3.63, 3.8) is 0 Å². The van der Waals surface area contributed by atoms with Gasteiger partial charge in [-0.2, -0.15) is 0 Å². The Hall–Kier alpha value is -0.500. The summed E-state index contributed by atoms with van der Waals surface area (Å²) in [5.41, 5.74) is 2.43. The summed E-state index contributed by atoms with van der Waals surface area (Å²) in [6.45, 7) is 14.2. The second-order valence-corrected chi connectivity index (χ2v) is 13.9. The van der Waals surface area contributed by atoms with Crippen molar-refractivity contribution in [2.75, 3.05) is 0 Å². The molecule has 0 N–H and O–H groups in total. The van der Waals surface area contributed by atoms with Crippen LogP contribution in [0.25, 0.3) is 0 Å². The van der Waals surface area contributed by atoms with Crippen molar-refractivity contribution in [3.05, 3.63) is 11.6 Å². The van der Waals surface area contributed by atoms with Gasteiger partial charge in [-0.1, -0.05) is 65.5 Å². The number of allylic oxidation sites excluding steroid dienone is 1. The zero-order valence-corrected chi connectivity index (χ0v) is 22.9. The third kappa shape index (κ3) is 4.81. The summed E-state index contributed by atoms with van der Waals surface area (Å²) in [6.07, 6.45) is 16.8. The van der Waals surface area contributed by atoms with Gasteiger partial charge in [-0.3, -0.25) is 4.79 Å². The molecule has 4 aliphatic rings. The minimum atomic E-state index is -0.554. The maximum absolute atomic E-state index is 12.1. The first-order chi connectivity index (χ1) is 15.6. The third-order valence-corrected chi connectivity index (χ3v) is 11.0. The van der Waals surface area contributed by atoms with Crippen molar-refractivity contribution in [1.29, 1.82) is 0 Å². The molecule has 3 heteroatoms. The predicted octanol–water partition coefficient (Wildman–Crippen LogP) is 8.57. The van der Waals surface area contributed by atoms with E-state index in [4.69, 9.17) is 16.3 Å². The molecule has 0 amide bonds. The molecule has 0 aliphatic heterocycles. The standard InChI is InChI=1S/C30H49ClO2/c1-19(2)8-7-9-20(3)25-12-13-26-24-11-10-22-18-23(33-28(32)21(4)31)14-16-29(22,5)27(24)15-17-30(25,26)6/h10,19-21,23-27H,7-9,11-18H2,1-6H3/t20-,21-,23+,24+,25-,26+,27+,29+,30-/m1/s1. The quantitative estimate of drug-likeness (QED) is 0.209. The van der Waals surface area contributed by atoms with Gasteiger partial charge >= 0.3 is 5.97 Å². The number of alkyl halides is 1. The summed E-state index contributed by atoms with van der Waals surface area (Å²) < 4.78 is 5.74. The molecule has 188 valence electrons. The van der Waals surface area contributed by atoms with Crippen molar-refractivity contribution in [2.24, 2.45) is 46.3 Å². The van der Waals surface area contributed by atoms with Gasteiger partial charge in [0.05, 0.1) is 0 Å². The van der Waals surface area contributed by atoms with Crippen molar-refractivity contribution in [1.82, 2.24) is 0 Å². The first-order valence-corrected chi connectivity index (χ1v) is 14.5. The molecule has 0 bridgehead atoms. The normalized spacial score (nSPS) is 42.1. The number of carbonyl (C=O) groups is 1. The lowest BCUT2D eigenvalue weighted by Crippen LogP contribution is -2.51. The van der Waals surface area contributed by atoms with Crippen molar-refractivity contribution >= 4 is 17.6 Å². The van der Waals surface area contributed by atoms with Gasteiger partial charge < -0.3 is 4.74 Å². The SMILES string of the molecule is CC(C)CCC[C@@H](C)[C@H]1CC[C@H]2[C@@H]3CC=C4C[C@@H](OC(=O)[C@@H](C)Cl)CC[C@]4(C)[C@H]3CC[C@]12C. The number of hydrogen-bond acceptors (Lipinski definition) is 2.